The number of likely N-dealkylation sites (tertiary alicyclic amines) is 1. The van der Waals surface area contributed by atoms with Gasteiger partial charge in [-0.3, -0.25) is 4.90 Å². The molecular weight excluding hydrogens is 494 g/mol. The molecular formula is C20H28F6N2O5S. The molecule has 14 heteroatoms. The third-order valence-electron chi connectivity index (χ3n) is 5.21. The zero-order valence-electron chi connectivity index (χ0n) is 18.8. The van der Waals surface area contributed by atoms with E-state index in [1.54, 1.807) is 0 Å². The number of ether oxygens (including phenoxy) is 1. The Morgan fingerprint density at radius 1 is 1.15 bits per heavy atom. The summed E-state index contributed by atoms with van der Waals surface area (Å²) in [6.45, 7) is 9.01. The van der Waals surface area contributed by atoms with Crippen molar-refractivity contribution in [3.63, 3.8) is 0 Å². The van der Waals surface area contributed by atoms with E-state index in [4.69, 9.17) is 24.5 Å². The Labute approximate surface area is 196 Å². The molecule has 0 unspecified atom stereocenters. The van der Waals surface area contributed by atoms with Crippen LogP contribution < -0.4 is 0 Å². The first-order chi connectivity index (χ1) is 15.5. The molecule has 1 aromatic rings. The highest BCUT2D eigenvalue weighted by Gasteiger charge is 2.42. The second-order valence-corrected chi connectivity index (χ2v) is 9.24. The highest BCUT2D eigenvalue weighted by Crippen LogP contribution is 2.34. The van der Waals surface area contributed by atoms with Gasteiger partial charge in [0.1, 0.15) is 0 Å². The Hall–Kier alpha value is -1.90. The molecule has 0 radical (unpaired) electrons. The molecule has 3 rings (SSSR count). The smallest absolute Gasteiger partial charge is 0.475 e. The zero-order chi connectivity index (χ0) is 26.3. The maximum atomic E-state index is 10.6. The van der Waals surface area contributed by atoms with Crippen LogP contribution in [0.15, 0.2) is 17.5 Å². The number of hydrogen-bond donors (Lipinski definition) is 2. The van der Waals surface area contributed by atoms with Gasteiger partial charge in [0, 0.05) is 43.0 Å². The molecule has 1 aromatic heterocycles. The molecule has 0 bridgehead atoms. The number of alkyl halides is 6. The standard InChI is InChI=1S/C16H26N2OS.2C2HF3O2/c1-12(2)17(3)9-14-7-13-8-18(11-16(13)19-14)10-15-5-4-6-20-15;2*3-2(4,5)1(6)7/h4-6,12-14,16H,7-11H2,1-3H3;2*(H,6,7)/t13-,14-,16+;;/m1../s1. The minimum absolute atomic E-state index is 0.446. The van der Waals surface area contributed by atoms with Gasteiger partial charge < -0.3 is 19.8 Å². The van der Waals surface area contributed by atoms with Gasteiger partial charge in [-0.25, -0.2) is 9.59 Å². The van der Waals surface area contributed by atoms with E-state index in [1.807, 2.05) is 11.3 Å². The normalized spacial score (nSPS) is 22.6. The molecule has 2 aliphatic rings. The second kappa shape index (κ2) is 12.7. The van der Waals surface area contributed by atoms with Crippen LogP contribution in [0.1, 0.15) is 25.1 Å². The van der Waals surface area contributed by atoms with E-state index in [0.717, 1.165) is 25.6 Å². The van der Waals surface area contributed by atoms with Crippen molar-refractivity contribution >= 4 is 23.3 Å². The maximum absolute atomic E-state index is 10.6. The van der Waals surface area contributed by atoms with E-state index in [0.29, 0.717) is 18.2 Å². The average molecular weight is 523 g/mol. The number of carbonyl (C=O) groups is 2. The number of rotatable bonds is 5. The topological polar surface area (TPSA) is 90.3 Å². The Kier molecular flexibility index (Phi) is 11.3. The molecule has 2 saturated heterocycles. The van der Waals surface area contributed by atoms with E-state index >= 15 is 0 Å². The fraction of sp³-hybridized carbons (Fsp3) is 0.700. The van der Waals surface area contributed by atoms with Gasteiger partial charge in [0.05, 0.1) is 12.2 Å². The van der Waals surface area contributed by atoms with Crippen LogP contribution in [0.4, 0.5) is 26.3 Å². The summed E-state index contributed by atoms with van der Waals surface area (Å²) in [6.07, 6.45) is -8.01. The van der Waals surface area contributed by atoms with E-state index in [2.05, 4.69) is 48.2 Å². The summed E-state index contributed by atoms with van der Waals surface area (Å²) in [5, 5.41) is 16.4. The molecule has 7 nitrogen and oxygen atoms in total. The molecule has 0 aliphatic carbocycles. The van der Waals surface area contributed by atoms with Crippen molar-refractivity contribution in [1.82, 2.24) is 9.80 Å². The van der Waals surface area contributed by atoms with Crippen molar-refractivity contribution in [2.75, 3.05) is 26.7 Å². The largest absolute Gasteiger partial charge is 0.490 e. The van der Waals surface area contributed by atoms with Gasteiger partial charge in [-0.2, -0.15) is 26.3 Å². The van der Waals surface area contributed by atoms with Crippen LogP contribution >= 0.6 is 11.3 Å². The third-order valence-corrected chi connectivity index (χ3v) is 6.07. The van der Waals surface area contributed by atoms with Crippen LogP contribution in [0.3, 0.4) is 0 Å². The van der Waals surface area contributed by atoms with E-state index in [1.165, 1.54) is 17.8 Å². The fourth-order valence-corrected chi connectivity index (χ4v) is 4.10. The summed E-state index contributed by atoms with van der Waals surface area (Å²) in [5.74, 6) is -4.76. The predicted molar refractivity (Wildman–Crippen MR) is 112 cm³/mol. The number of fused-ring (bicyclic) bond motifs is 1. The molecule has 0 spiro atoms. The van der Waals surface area contributed by atoms with Gasteiger partial charge >= 0.3 is 24.3 Å². The van der Waals surface area contributed by atoms with Crippen molar-refractivity contribution in [3.05, 3.63) is 22.4 Å². The molecule has 0 saturated carbocycles. The Morgan fingerprint density at radius 2 is 1.68 bits per heavy atom. The minimum Gasteiger partial charge on any atom is -0.475 e. The molecule has 2 fully saturated rings. The van der Waals surface area contributed by atoms with Gasteiger partial charge in [-0.15, -0.1) is 11.3 Å². The second-order valence-electron chi connectivity index (χ2n) is 8.20. The highest BCUT2D eigenvalue weighted by atomic mass is 32.1. The number of carboxylic acids is 2. The SMILES string of the molecule is CC(C)N(C)C[C@H]1C[C@@H]2CN(Cc3cccs3)C[C@@H]2O1.O=C(O)C(F)(F)F.O=C(O)C(F)(F)F. The number of hydrogen-bond acceptors (Lipinski definition) is 6. The Bertz CT molecular complexity index is 734. The lowest BCUT2D eigenvalue weighted by Crippen LogP contribution is -2.35. The third kappa shape index (κ3) is 10.6. The first-order valence-corrected chi connectivity index (χ1v) is 11.1. The summed E-state index contributed by atoms with van der Waals surface area (Å²) in [5.41, 5.74) is 0. The van der Waals surface area contributed by atoms with Crippen LogP contribution in [0.2, 0.25) is 0 Å². The summed E-state index contributed by atoms with van der Waals surface area (Å²) in [7, 11) is 2.20. The summed E-state index contributed by atoms with van der Waals surface area (Å²) in [6, 6.07) is 4.99. The van der Waals surface area contributed by atoms with Crippen LogP contribution in [0.5, 0.6) is 0 Å². The predicted octanol–water partition coefficient (Wildman–Crippen LogP) is 3.94. The van der Waals surface area contributed by atoms with Gasteiger partial charge in [-0.05, 0) is 38.8 Å². The molecule has 3 atom stereocenters. The van der Waals surface area contributed by atoms with Crippen molar-refractivity contribution in [1.29, 1.82) is 0 Å². The maximum Gasteiger partial charge on any atom is 0.490 e. The number of nitrogens with zero attached hydrogens (tertiary/aromatic N) is 2. The Morgan fingerprint density at radius 3 is 2.06 bits per heavy atom. The van der Waals surface area contributed by atoms with Crippen molar-refractivity contribution in [2.24, 2.45) is 5.92 Å². The summed E-state index contributed by atoms with van der Waals surface area (Å²) < 4.78 is 69.7. The molecule has 196 valence electrons. The van der Waals surface area contributed by atoms with Crippen molar-refractivity contribution in [2.45, 2.75) is 57.4 Å². The van der Waals surface area contributed by atoms with Crippen molar-refractivity contribution < 1.29 is 50.9 Å². The first kappa shape index (κ1) is 30.1. The lowest BCUT2D eigenvalue weighted by molar-refractivity contribution is -0.193. The van der Waals surface area contributed by atoms with Crippen LogP contribution in [-0.2, 0) is 20.9 Å². The number of carboxylic acid groups (broad SMARTS) is 2. The lowest BCUT2D eigenvalue weighted by atomic mass is 10.0. The van der Waals surface area contributed by atoms with Gasteiger partial charge in [0.25, 0.3) is 0 Å². The van der Waals surface area contributed by atoms with Gasteiger partial charge in [0.15, 0.2) is 0 Å². The molecule has 0 amide bonds. The number of aliphatic carboxylic acids is 2. The molecule has 0 aromatic carbocycles. The zero-order valence-corrected chi connectivity index (χ0v) is 19.6. The minimum atomic E-state index is -5.08. The van der Waals surface area contributed by atoms with E-state index in [-0.39, 0.29) is 0 Å². The van der Waals surface area contributed by atoms with Crippen molar-refractivity contribution in [3.8, 4) is 0 Å². The average Bonchev–Trinajstić information content (AvgIpc) is 3.38. The lowest BCUT2D eigenvalue weighted by Gasteiger charge is -2.25. The number of likely N-dealkylation sites (N-methyl/N-ethyl adjacent to an activating group) is 1. The molecule has 3 heterocycles. The molecule has 2 aliphatic heterocycles. The van der Waals surface area contributed by atoms with Crippen LogP contribution in [-0.4, -0.2) is 89.2 Å². The first-order valence-electron chi connectivity index (χ1n) is 10.2. The Balaban J connectivity index is 0.000000343. The summed E-state index contributed by atoms with van der Waals surface area (Å²) in [4.78, 5) is 24.2. The highest BCUT2D eigenvalue weighted by molar-refractivity contribution is 7.09. The van der Waals surface area contributed by atoms with E-state index < -0.39 is 24.3 Å². The van der Waals surface area contributed by atoms with Gasteiger partial charge in [-0.1, -0.05) is 6.07 Å². The molecule has 34 heavy (non-hydrogen) atoms. The monoisotopic (exact) mass is 522 g/mol. The molecule has 2 N–H and O–H groups in total. The summed E-state index contributed by atoms with van der Waals surface area (Å²) >= 11 is 1.86. The quantitative estimate of drug-likeness (QED) is 0.566. The van der Waals surface area contributed by atoms with E-state index in [9.17, 15) is 26.3 Å². The number of halogens is 6. The fourth-order valence-electron chi connectivity index (χ4n) is 3.35. The number of thiophene rings is 1. The van der Waals surface area contributed by atoms with Crippen LogP contribution in [0.25, 0.3) is 0 Å². The van der Waals surface area contributed by atoms with Gasteiger partial charge in [0.2, 0.25) is 0 Å². The van der Waals surface area contributed by atoms with Crippen LogP contribution in [0, 0.1) is 5.92 Å².